The van der Waals surface area contributed by atoms with Crippen LogP contribution in [0.3, 0.4) is 0 Å². The Balaban J connectivity index is 1.56. The number of hydrogen-bond acceptors (Lipinski definition) is 5. The summed E-state index contributed by atoms with van der Waals surface area (Å²) in [4.78, 5) is 12.4. The molecular formula is C20H17N5O2. The Kier molecular flexibility index (Phi) is 3.71. The highest BCUT2D eigenvalue weighted by Gasteiger charge is 2.23. The second-order valence-electron chi connectivity index (χ2n) is 6.60. The molecule has 7 nitrogen and oxygen atoms in total. The van der Waals surface area contributed by atoms with Gasteiger partial charge in [-0.1, -0.05) is 18.2 Å². The van der Waals surface area contributed by atoms with Crippen LogP contribution in [0.25, 0.3) is 17.1 Å². The third kappa shape index (κ3) is 2.77. The molecule has 5 rings (SSSR count). The lowest BCUT2D eigenvalue weighted by Gasteiger charge is -2.06. The van der Waals surface area contributed by atoms with Crippen LogP contribution in [-0.2, 0) is 19.4 Å². The van der Waals surface area contributed by atoms with Crippen molar-refractivity contribution in [3.05, 3.63) is 82.4 Å². The van der Waals surface area contributed by atoms with Gasteiger partial charge in [-0.25, -0.2) is 4.68 Å². The highest BCUT2D eigenvalue weighted by molar-refractivity contribution is 5.50. The fourth-order valence-corrected chi connectivity index (χ4v) is 3.67. The van der Waals surface area contributed by atoms with Crippen LogP contribution < -0.4 is 5.56 Å². The Morgan fingerprint density at radius 1 is 1.07 bits per heavy atom. The molecule has 1 aliphatic rings. The number of fused-ring (bicyclic) bond motifs is 1. The highest BCUT2D eigenvalue weighted by atomic mass is 16.4. The number of benzene rings is 1. The van der Waals surface area contributed by atoms with E-state index in [0.29, 0.717) is 18.0 Å². The van der Waals surface area contributed by atoms with Crippen molar-refractivity contribution >= 4 is 0 Å². The monoisotopic (exact) mass is 359 g/mol. The summed E-state index contributed by atoms with van der Waals surface area (Å²) in [7, 11) is 0. The third-order valence-electron chi connectivity index (χ3n) is 4.92. The molecule has 7 heteroatoms. The molecule has 0 spiro atoms. The molecule has 27 heavy (non-hydrogen) atoms. The minimum absolute atomic E-state index is 0.0840. The number of nitrogens with zero attached hydrogens (tertiary/aromatic N) is 5. The molecule has 134 valence electrons. The van der Waals surface area contributed by atoms with Crippen molar-refractivity contribution in [2.75, 3.05) is 0 Å². The van der Waals surface area contributed by atoms with Gasteiger partial charge in [-0.15, -0.1) is 10.2 Å². The molecule has 0 atom stereocenters. The maximum atomic E-state index is 12.4. The Bertz CT molecular complexity index is 1140. The standard InChI is InChI=1S/C20H17N5O2/c26-19-10-9-14(20-22-21-13-27-20)11-24(19)12-17-16-7-4-8-18(16)25(23-17)15-5-2-1-3-6-15/h1-3,5-6,9-11,13H,4,7-8,12H2. The maximum absolute atomic E-state index is 12.4. The summed E-state index contributed by atoms with van der Waals surface area (Å²) in [5.74, 6) is 0.392. The predicted molar refractivity (Wildman–Crippen MR) is 98.7 cm³/mol. The summed E-state index contributed by atoms with van der Waals surface area (Å²) in [6, 6.07) is 13.3. The van der Waals surface area contributed by atoms with E-state index in [1.807, 2.05) is 22.9 Å². The Labute approximate surface area is 154 Å². The fourth-order valence-electron chi connectivity index (χ4n) is 3.67. The number of para-hydroxylation sites is 1. The normalized spacial score (nSPS) is 13.0. The molecular weight excluding hydrogens is 342 g/mol. The lowest BCUT2D eigenvalue weighted by atomic mass is 10.2. The molecule has 0 fully saturated rings. The van der Waals surface area contributed by atoms with E-state index in [1.54, 1.807) is 16.8 Å². The van der Waals surface area contributed by atoms with Gasteiger partial charge in [0, 0.05) is 18.0 Å². The summed E-state index contributed by atoms with van der Waals surface area (Å²) in [5.41, 5.74) is 5.13. The van der Waals surface area contributed by atoms with Crippen molar-refractivity contribution in [2.45, 2.75) is 25.8 Å². The van der Waals surface area contributed by atoms with Gasteiger partial charge in [-0.3, -0.25) is 4.79 Å². The van der Waals surface area contributed by atoms with Crippen molar-refractivity contribution in [3.8, 4) is 17.1 Å². The first-order chi connectivity index (χ1) is 13.3. The van der Waals surface area contributed by atoms with E-state index in [0.717, 1.165) is 30.6 Å². The predicted octanol–water partition coefficient (Wildman–Crippen LogP) is 2.62. The molecule has 3 heterocycles. The second-order valence-corrected chi connectivity index (χ2v) is 6.60. The van der Waals surface area contributed by atoms with Crippen molar-refractivity contribution in [2.24, 2.45) is 0 Å². The maximum Gasteiger partial charge on any atom is 0.250 e. The molecule has 1 aromatic carbocycles. The molecule has 3 aromatic heterocycles. The van der Waals surface area contributed by atoms with E-state index in [4.69, 9.17) is 9.52 Å². The molecule has 0 radical (unpaired) electrons. The van der Waals surface area contributed by atoms with Crippen LogP contribution in [-0.4, -0.2) is 24.5 Å². The SMILES string of the molecule is O=c1ccc(-c2nnco2)cn1Cc1nn(-c2ccccc2)c2c1CCC2. The van der Waals surface area contributed by atoms with Gasteiger partial charge in [0.05, 0.1) is 23.5 Å². The highest BCUT2D eigenvalue weighted by Crippen LogP contribution is 2.28. The molecule has 0 N–H and O–H groups in total. The number of pyridine rings is 1. The molecule has 4 aromatic rings. The summed E-state index contributed by atoms with van der Waals surface area (Å²) in [5, 5.41) is 12.4. The van der Waals surface area contributed by atoms with Crippen LogP contribution >= 0.6 is 0 Å². The van der Waals surface area contributed by atoms with Gasteiger partial charge in [-0.2, -0.15) is 5.10 Å². The lowest BCUT2D eigenvalue weighted by Crippen LogP contribution is -2.20. The van der Waals surface area contributed by atoms with Crippen LogP contribution in [0.1, 0.15) is 23.4 Å². The minimum atomic E-state index is -0.0840. The number of rotatable bonds is 4. The summed E-state index contributed by atoms with van der Waals surface area (Å²) < 4.78 is 8.91. The molecule has 0 amide bonds. The summed E-state index contributed by atoms with van der Waals surface area (Å²) in [6.07, 6.45) is 6.14. The smallest absolute Gasteiger partial charge is 0.250 e. The topological polar surface area (TPSA) is 78.7 Å². The second kappa shape index (κ2) is 6.35. The first-order valence-corrected chi connectivity index (χ1v) is 8.92. The van der Waals surface area contributed by atoms with E-state index >= 15 is 0 Å². The average molecular weight is 359 g/mol. The quantitative estimate of drug-likeness (QED) is 0.560. The van der Waals surface area contributed by atoms with E-state index in [1.165, 1.54) is 23.7 Å². The van der Waals surface area contributed by atoms with Gasteiger partial charge in [-0.05, 0) is 43.0 Å². The lowest BCUT2D eigenvalue weighted by molar-refractivity contribution is 0.567. The van der Waals surface area contributed by atoms with Crippen LogP contribution in [0.15, 0.2) is 64.3 Å². The van der Waals surface area contributed by atoms with E-state index in [9.17, 15) is 4.79 Å². The first-order valence-electron chi connectivity index (χ1n) is 8.92. The summed E-state index contributed by atoms with van der Waals surface area (Å²) in [6.45, 7) is 0.420. The fraction of sp³-hybridized carbons (Fsp3) is 0.200. The largest absolute Gasteiger partial charge is 0.423 e. The molecule has 0 saturated heterocycles. The third-order valence-corrected chi connectivity index (χ3v) is 4.92. The van der Waals surface area contributed by atoms with Crippen molar-refractivity contribution in [3.63, 3.8) is 0 Å². The number of aromatic nitrogens is 5. The van der Waals surface area contributed by atoms with E-state index in [-0.39, 0.29) is 5.56 Å². The van der Waals surface area contributed by atoms with Crippen LogP contribution in [0.5, 0.6) is 0 Å². The molecule has 0 unspecified atom stereocenters. The summed E-state index contributed by atoms with van der Waals surface area (Å²) >= 11 is 0. The van der Waals surface area contributed by atoms with Gasteiger partial charge in [0.15, 0.2) is 0 Å². The number of hydrogen-bond donors (Lipinski definition) is 0. The molecule has 0 saturated carbocycles. The van der Waals surface area contributed by atoms with Crippen LogP contribution in [0, 0.1) is 0 Å². The average Bonchev–Trinajstić information content (AvgIpc) is 3.43. The first kappa shape index (κ1) is 15.7. The Morgan fingerprint density at radius 2 is 1.96 bits per heavy atom. The van der Waals surface area contributed by atoms with Gasteiger partial charge >= 0.3 is 0 Å². The molecule has 1 aliphatic carbocycles. The zero-order valence-corrected chi connectivity index (χ0v) is 14.6. The van der Waals surface area contributed by atoms with Gasteiger partial charge in [0.2, 0.25) is 12.3 Å². The van der Waals surface area contributed by atoms with Crippen molar-refractivity contribution < 1.29 is 4.42 Å². The van der Waals surface area contributed by atoms with Gasteiger partial charge in [0.25, 0.3) is 5.56 Å². The Hall–Kier alpha value is -3.48. The van der Waals surface area contributed by atoms with Crippen LogP contribution in [0.2, 0.25) is 0 Å². The van der Waals surface area contributed by atoms with Crippen molar-refractivity contribution in [1.82, 2.24) is 24.5 Å². The molecule has 0 aliphatic heterocycles. The van der Waals surface area contributed by atoms with Gasteiger partial charge in [0.1, 0.15) is 0 Å². The van der Waals surface area contributed by atoms with Crippen LogP contribution in [0.4, 0.5) is 0 Å². The minimum Gasteiger partial charge on any atom is -0.423 e. The zero-order chi connectivity index (χ0) is 18.2. The van der Waals surface area contributed by atoms with Crippen molar-refractivity contribution in [1.29, 1.82) is 0 Å². The van der Waals surface area contributed by atoms with E-state index in [2.05, 4.69) is 22.3 Å². The zero-order valence-electron chi connectivity index (χ0n) is 14.6. The van der Waals surface area contributed by atoms with E-state index < -0.39 is 0 Å². The van der Waals surface area contributed by atoms with Gasteiger partial charge < -0.3 is 8.98 Å². The Morgan fingerprint density at radius 3 is 2.78 bits per heavy atom. The molecule has 0 bridgehead atoms.